The first kappa shape index (κ1) is 22.9. The molecule has 1 aliphatic carbocycles. The summed E-state index contributed by atoms with van der Waals surface area (Å²) in [6, 6.07) is 9.48. The highest BCUT2D eigenvalue weighted by molar-refractivity contribution is 7.21. The van der Waals surface area contributed by atoms with Gasteiger partial charge >= 0.3 is 6.09 Å². The van der Waals surface area contributed by atoms with E-state index in [1.54, 1.807) is 0 Å². The van der Waals surface area contributed by atoms with E-state index in [0.717, 1.165) is 52.2 Å². The van der Waals surface area contributed by atoms with Gasteiger partial charge in [0.2, 0.25) is 0 Å². The third-order valence-electron chi connectivity index (χ3n) is 7.50. The minimum absolute atomic E-state index is 0.0753. The molecule has 1 saturated heterocycles. The van der Waals surface area contributed by atoms with Gasteiger partial charge in [0.25, 0.3) is 5.91 Å². The molecule has 36 heavy (non-hydrogen) atoms. The van der Waals surface area contributed by atoms with Crippen molar-refractivity contribution < 1.29 is 24.2 Å². The van der Waals surface area contributed by atoms with Crippen LogP contribution in [0.15, 0.2) is 30.3 Å². The third kappa shape index (κ3) is 4.09. The molecule has 188 valence electrons. The lowest BCUT2D eigenvalue weighted by molar-refractivity contribution is 0.00790. The number of carbonyl (C=O) groups is 2. The molecular formula is C26H28N4O5S. The van der Waals surface area contributed by atoms with Crippen LogP contribution in [0.3, 0.4) is 0 Å². The predicted octanol–water partition coefficient (Wildman–Crippen LogP) is 3.83. The summed E-state index contributed by atoms with van der Waals surface area (Å²) in [4.78, 5) is 31.3. The van der Waals surface area contributed by atoms with E-state index in [1.165, 1.54) is 16.2 Å². The summed E-state index contributed by atoms with van der Waals surface area (Å²) < 4.78 is 12.2. The van der Waals surface area contributed by atoms with Crippen molar-refractivity contribution in [3.8, 4) is 11.5 Å². The number of amides is 2. The molecule has 2 amide bonds. The summed E-state index contributed by atoms with van der Waals surface area (Å²) in [5.41, 5.74) is 8.68. The number of nitrogens with two attached hydrogens (primary N) is 1. The number of fused-ring (bicyclic) bond motifs is 2. The number of nitrogens with one attached hydrogen (secondary N) is 1. The van der Waals surface area contributed by atoms with Crippen molar-refractivity contribution >= 4 is 39.2 Å². The minimum Gasteiger partial charge on any atom is -0.491 e. The second kappa shape index (κ2) is 8.55. The van der Waals surface area contributed by atoms with Gasteiger partial charge in [0.05, 0.1) is 17.8 Å². The summed E-state index contributed by atoms with van der Waals surface area (Å²) in [7, 11) is 0. The van der Waals surface area contributed by atoms with Crippen LogP contribution in [0.5, 0.6) is 11.5 Å². The number of carbonyl (C=O) groups excluding carboxylic acids is 1. The van der Waals surface area contributed by atoms with E-state index in [-0.39, 0.29) is 23.5 Å². The van der Waals surface area contributed by atoms with Gasteiger partial charge < -0.3 is 30.5 Å². The van der Waals surface area contributed by atoms with Gasteiger partial charge in [-0.05, 0) is 56.4 Å². The first-order valence-electron chi connectivity index (χ1n) is 12.2. The molecule has 4 heterocycles. The largest absolute Gasteiger partial charge is 0.491 e. The Morgan fingerprint density at radius 1 is 1.31 bits per heavy atom. The second-order valence-corrected chi connectivity index (χ2v) is 11.2. The number of likely N-dealkylation sites (tertiary alicyclic amines) is 1. The molecule has 4 N–H and O–H groups in total. The maximum atomic E-state index is 13.0. The van der Waals surface area contributed by atoms with Crippen molar-refractivity contribution in [2.45, 2.75) is 44.8 Å². The average Bonchev–Trinajstić information content (AvgIpc) is 3.39. The van der Waals surface area contributed by atoms with Crippen LogP contribution in [-0.4, -0.2) is 58.8 Å². The minimum atomic E-state index is -0.842. The van der Waals surface area contributed by atoms with E-state index in [0.29, 0.717) is 36.7 Å². The number of nitrogens with zero attached hydrogens (tertiary/aromatic N) is 2. The number of aromatic nitrogens is 1. The number of thiophene rings is 1. The van der Waals surface area contributed by atoms with Gasteiger partial charge in [-0.1, -0.05) is 6.07 Å². The number of aryl methyl sites for hydroxylation is 1. The van der Waals surface area contributed by atoms with Crippen molar-refractivity contribution in [2.24, 2.45) is 5.41 Å². The van der Waals surface area contributed by atoms with Gasteiger partial charge in [-0.15, -0.1) is 11.3 Å². The summed E-state index contributed by atoms with van der Waals surface area (Å²) in [6.45, 7) is 3.48. The van der Waals surface area contributed by atoms with Crippen LogP contribution in [0.25, 0.3) is 10.2 Å². The summed E-state index contributed by atoms with van der Waals surface area (Å²) in [5, 5.41) is 13.0. The number of hydrogen-bond donors (Lipinski definition) is 3. The number of ether oxygens (including phenoxy) is 2. The van der Waals surface area contributed by atoms with Crippen molar-refractivity contribution in [3.05, 3.63) is 46.5 Å². The van der Waals surface area contributed by atoms with Crippen molar-refractivity contribution in [3.63, 3.8) is 0 Å². The zero-order valence-electron chi connectivity index (χ0n) is 20.0. The van der Waals surface area contributed by atoms with Crippen LogP contribution < -0.4 is 20.5 Å². The Morgan fingerprint density at radius 2 is 2.14 bits per heavy atom. The SMILES string of the molecule is Cc1ccc2c(N)c(C(=O)N[C@H]3COc4cc(OC5CCC6(C5)CN(C(=O)O)C6)ccc4C3)sc2n1. The molecule has 2 aromatic heterocycles. The fraction of sp³-hybridized carbons (Fsp3) is 0.423. The van der Waals surface area contributed by atoms with Gasteiger partial charge in [0, 0.05) is 35.7 Å². The van der Waals surface area contributed by atoms with E-state index in [4.69, 9.17) is 20.3 Å². The normalized spacial score (nSPS) is 22.1. The predicted molar refractivity (Wildman–Crippen MR) is 136 cm³/mol. The summed E-state index contributed by atoms with van der Waals surface area (Å²) in [5.74, 6) is 1.32. The van der Waals surface area contributed by atoms with E-state index in [1.807, 2.05) is 37.3 Å². The molecule has 0 bridgehead atoms. The smallest absolute Gasteiger partial charge is 0.407 e. The van der Waals surface area contributed by atoms with Crippen molar-refractivity contribution in [1.82, 2.24) is 15.2 Å². The van der Waals surface area contributed by atoms with Gasteiger partial charge in [0.1, 0.15) is 27.8 Å². The molecule has 0 radical (unpaired) electrons. The molecule has 6 rings (SSSR count). The van der Waals surface area contributed by atoms with Gasteiger partial charge in [-0.2, -0.15) is 0 Å². The van der Waals surface area contributed by atoms with E-state index < -0.39 is 6.09 Å². The number of nitrogen functional groups attached to an aromatic ring is 1. The number of rotatable bonds is 4. The highest BCUT2D eigenvalue weighted by Crippen LogP contribution is 2.47. The lowest BCUT2D eigenvalue weighted by atomic mass is 9.78. The first-order valence-corrected chi connectivity index (χ1v) is 13.0. The molecule has 1 saturated carbocycles. The molecule has 2 atom stereocenters. The zero-order valence-corrected chi connectivity index (χ0v) is 20.8. The molecule has 10 heteroatoms. The first-order chi connectivity index (χ1) is 17.3. The number of carboxylic acid groups (broad SMARTS) is 1. The number of benzene rings is 1. The van der Waals surface area contributed by atoms with E-state index in [9.17, 15) is 9.59 Å². The number of pyridine rings is 1. The van der Waals surface area contributed by atoms with Crippen LogP contribution in [0.4, 0.5) is 10.5 Å². The molecule has 2 aliphatic heterocycles. The quantitative estimate of drug-likeness (QED) is 0.489. The molecule has 1 spiro atoms. The molecule has 3 aromatic rings. The standard InChI is InChI=1S/C26H28N4O5S/c1-14-2-5-19-21(27)22(36-24(19)28-14)23(31)29-16-8-15-3-4-17(9-20(15)34-11-16)35-18-6-7-26(10-18)12-30(13-26)25(32)33/h2-5,9,16,18H,6-8,10-13,27H2,1H3,(H,29,31)(H,32,33)/t16-,18?/m1/s1. The van der Waals surface area contributed by atoms with E-state index in [2.05, 4.69) is 10.3 Å². The maximum absolute atomic E-state index is 13.0. The molecule has 1 aromatic carbocycles. The lowest BCUT2D eigenvalue weighted by Crippen LogP contribution is -2.57. The van der Waals surface area contributed by atoms with E-state index >= 15 is 0 Å². The molecular weight excluding hydrogens is 480 g/mol. The molecule has 1 unspecified atom stereocenters. The van der Waals surface area contributed by atoms with Crippen LogP contribution >= 0.6 is 11.3 Å². The third-order valence-corrected chi connectivity index (χ3v) is 8.62. The van der Waals surface area contributed by atoms with Gasteiger partial charge in [-0.3, -0.25) is 4.79 Å². The Hall–Kier alpha value is -3.53. The van der Waals surface area contributed by atoms with Crippen molar-refractivity contribution in [2.75, 3.05) is 25.4 Å². The fourth-order valence-corrected chi connectivity index (χ4v) is 6.70. The molecule has 9 nitrogen and oxygen atoms in total. The highest BCUT2D eigenvalue weighted by atomic mass is 32.1. The second-order valence-electron chi connectivity index (χ2n) is 10.2. The number of anilines is 1. The zero-order chi connectivity index (χ0) is 25.0. The Bertz CT molecular complexity index is 1370. The Kier molecular flexibility index (Phi) is 5.44. The fourth-order valence-electron chi connectivity index (χ4n) is 5.66. The topological polar surface area (TPSA) is 127 Å². The van der Waals surface area contributed by atoms with Crippen molar-refractivity contribution in [1.29, 1.82) is 0 Å². The Labute approximate surface area is 212 Å². The van der Waals surface area contributed by atoms with Crippen LogP contribution in [-0.2, 0) is 6.42 Å². The lowest BCUT2D eigenvalue weighted by Gasteiger charge is -2.46. The number of hydrogen-bond acceptors (Lipinski definition) is 7. The molecule has 3 aliphatic rings. The molecule has 2 fully saturated rings. The van der Waals surface area contributed by atoms with Crippen LogP contribution in [0.1, 0.15) is 40.2 Å². The van der Waals surface area contributed by atoms with Gasteiger partial charge in [0.15, 0.2) is 0 Å². The van der Waals surface area contributed by atoms with Crippen LogP contribution in [0.2, 0.25) is 0 Å². The Balaban J connectivity index is 1.07. The maximum Gasteiger partial charge on any atom is 0.407 e. The Morgan fingerprint density at radius 3 is 2.94 bits per heavy atom. The van der Waals surface area contributed by atoms with Crippen LogP contribution in [0, 0.1) is 12.3 Å². The summed E-state index contributed by atoms with van der Waals surface area (Å²) >= 11 is 1.31. The monoisotopic (exact) mass is 508 g/mol. The van der Waals surface area contributed by atoms with Gasteiger partial charge in [-0.25, -0.2) is 9.78 Å². The summed E-state index contributed by atoms with van der Waals surface area (Å²) in [6.07, 6.45) is 2.69. The highest BCUT2D eigenvalue weighted by Gasteiger charge is 2.50. The average molecular weight is 509 g/mol.